The smallest absolute Gasteiger partial charge is 0.131 e. The third kappa shape index (κ3) is 2.43. The molecule has 0 bridgehead atoms. The molecule has 0 aliphatic carbocycles. The van der Waals surface area contributed by atoms with Gasteiger partial charge in [-0.3, -0.25) is 0 Å². The van der Waals surface area contributed by atoms with Gasteiger partial charge in [0, 0.05) is 23.0 Å². The summed E-state index contributed by atoms with van der Waals surface area (Å²) in [7, 11) is 0. The molecule has 4 heteroatoms. The highest BCUT2D eigenvalue weighted by molar-refractivity contribution is 9.10. The molecule has 1 heterocycles. The van der Waals surface area contributed by atoms with Crippen LogP contribution in [0, 0.1) is 0 Å². The van der Waals surface area contributed by atoms with E-state index in [0.717, 1.165) is 46.8 Å². The van der Waals surface area contributed by atoms with Crippen LogP contribution >= 0.6 is 15.9 Å². The Labute approximate surface area is 116 Å². The molecular weight excluding hydrogens is 290 g/mol. The fourth-order valence-corrected chi connectivity index (χ4v) is 2.37. The molecule has 0 amide bonds. The molecule has 3 nitrogen and oxygen atoms in total. The summed E-state index contributed by atoms with van der Waals surface area (Å²) in [6.45, 7) is 5.12. The van der Waals surface area contributed by atoms with Crippen molar-refractivity contribution < 1.29 is 0 Å². The van der Waals surface area contributed by atoms with Crippen LogP contribution in [0.25, 0.3) is 11.3 Å². The van der Waals surface area contributed by atoms with Gasteiger partial charge in [-0.2, -0.15) is 0 Å². The summed E-state index contributed by atoms with van der Waals surface area (Å²) >= 11 is 3.44. The van der Waals surface area contributed by atoms with Gasteiger partial charge in [0.05, 0.1) is 0 Å². The Morgan fingerprint density at radius 3 is 2.44 bits per heavy atom. The number of anilines is 1. The molecule has 0 unspecified atom stereocenters. The van der Waals surface area contributed by atoms with Crippen molar-refractivity contribution in [2.45, 2.75) is 33.2 Å². The molecule has 1 aromatic carbocycles. The number of aromatic nitrogens is 2. The highest BCUT2D eigenvalue weighted by Gasteiger charge is 2.14. The van der Waals surface area contributed by atoms with E-state index in [4.69, 9.17) is 10.7 Å². The van der Waals surface area contributed by atoms with E-state index < -0.39 is 0 Å². The maximum absolute atomic E-state index is 6.20. The maximum atomic E-state index is 6.20. The van der Waals surface area contributed by atoms with Gasteiger partial charge in [-0.05, 0) is 25.5 Å². The number of hydrogen-bond donors (Lipinski definition) is 1. The molecule has 2 N–H and O–H groups in total. The normalized spacial score (nSPS) is 10.8. The van der Waals surface area contributed by atoms with Crippen molar-refractivity contribution in [1.29, 1.82) is 0 Å². The van der Waals surface area contributed by atoms with Crippen LogP contribution < -0.4 is 5.73 Å². The molecule has 0 spiro atoms. The molecule has 96 valence electrons. The molecule has 0 saturated heterocycles. The number of halogens is 1. The molecule has 18 heavy (non-hydrogen) atoms. The second kappa shape index (κ2) is 5.57. The maximum Gasteiger partial charge on any atom is 0.131 e. The Morgan fingerprint density at radius 2 is 1.89 bits per heavy atom. The fraction of sp³-hybridized carbons (Fsp3) is 0.357. The van der Waals surface area contributed by atoms with Crippen molar-refractivity contribution in [3.63, 3.8) is 0 Å². The predicted octanol–water partition coefficient (Wildman–Crippen LogP) is 3.87. The molecule has 2 rings (SSSR count). The van der Waals surface area contributed by atoms with E-state index in [1.807, 2.05) is 24.3 Å². The molecule has 0 saturated carbocycles. The van der Waals surface area contributed by atoms with Crippen LogP contribution in [0.2, 0.25) is 0 Å². The van der Waals surface area contributed by atoms with Gasteiger partial charge in [0.15, 0.2) is 0 Å². The zero-order valence-corrected chi connectivity index (χ0v) is 12.4. The lowest BCUT2D eigenvalue weighted by atomic mass is 10.1. The highest BCUT2D eigenvalue weighted by atomic mass is 79.9. The summed E-state index contributed by atoms with van der Waals surface area (Å²) in [6.07, 6.45) is 2.05. The summed E-state index contributed by atoms with van der Waals surface area (Å²) in [6, 6.07) is 8.11. The van der Waals surface area contributed by atoms with E-state index in [-0.39, 0.29) is 0 Å². The number of hydrogen-bond acceptors (Lipinski definition) is 2. The lowest BCUT2D eigenvalue weighted by molar-refractivity contribution is 0.690. The number of nitrogens with two attached hydrogens (primary N) is 1. The van der Waals surface area contributed by atoms with Crippen molar-refractivity contribution in [3.05, 3.63) is 34.6 Å². The second-order valence-electron chi connectivity index (χ2n) is 4.26. The van der Waals surface area contributed by atoms with Gasteiger partial charge >= 0.3 is 0 Å². The van der Waals surface area contributed by atoms with Crippen LogP contribution in [0.4, 0.5) is 5.82 Å². The minimum Gasteiger partial charge on any atom is -0.383 e. The average molecular weight is 308 g/mol. The number of nitrogens with zero attached hydrogens (tertiary/aromatic N) is 2. The number of rotatable bonds is 4. The monoisotopic (exact) mass is 307 g/mol. The lowest BCUT2D eigenvalue weighted by Crippen LogP contribution is -2.05. The Kier molecular flexibility index (Phi) is 4.07. The van der Waals surface area contributed by atoms with E-state index in [9.17, 15) is 0 Å². The molecule has 0 radical (unpaired) electrons. The second-order valence-corrected chi connectivity index (χ2v) is 5.18. The van der Waals surface area contributed by atoms with Gasteiger partial charge in [-0.15, -0.1) is 0 Å². The van der Waals surface area contributed by atoms with Crippen LogP contribution in [0.15, 0.2) is 28.7 Å². The van der Waals surface area contributed by atoms with E-state index in [0.29, 0.717) is 0 Å². The lowest BCUT2D eigenvalue weighted by Gasteiger charge is -2.05. The first-order valence-corrected chi connectivity index (χ1v) is 7.07. The molecule has 1 aromatic heterocycles. The zero-order chi connectivity index (χ0) is 13.1. The number of nitrogen functional groups attached to an aromatic ring is 1. The number of aryl methyl sites for hydroxylation is 1. The van der Waals surface area contributed by atoms with E-state index in [1.165, 1.54) is 0 Å². The SMILES string of the molecule is CCCc1nc(-c2ccc(Br)cc2)c(N)n1CC. The Morgan fingerprint density at radius 1 is 1.22 bits per heavy atom. The van der Waals surface area contributed by atoms with E-state index >= 15 is 0 Å². The van der Waals surface area contributed by atoms with Gasteiger partial charge < -0.3 is 10.3 Å². The first kappa shape index (κ1) is 13.1. The summed E-state index contributed by atoms with van der Waals surface area (Å²) in [5.74, 6) is 1.85. The summed E-state index contributed by atoms with van der Waals surface area (Å²) in [5.41, 5.74) is 8.17. The molecule has 0 atom stereocenters. The minimum atomic E-state index is 0.767. The van der Waals surface area contributed by atoms with E-state index in [1.54, 1.807) is 0 Å². The molecule has 0 fully saturated rings. The third-order valence-corrected chi connectivity index (χ3v) is 3.52. The first-order valence-electron chi connectivity index (χ1n) is 6.28. The van der Waals surface area contributed by atoms with Gasteiger partial charge in [-0.1, -0.05) is 35.0 Å². The Balaban J connectivity index is 2.47. The number of benzene rings is 1. The van der Waals surface area contributed by atoms with Crippen molar-refractivity contribution in [2.24, 2.45) is 0 Å². The predicted molar refractivity (Wildman–Crippen MR) is 79.4 cm³/mol. The van der Waals surface area contributed by atoms with Crippen molar-refractivity contribution >= 4 is 21.7 Å². The quantitative estimate of drug-likeness (QED) is 0.932. The third-order valence-electron chi connectivity index (χ3n) is 2.99. The minimum absolute atomic E-state index is 0.767. The topological polar surface area (TPSA) is 43.8 Å². The Hall–Kier alpha value is -1.29. The number of imidazole rings is 1. The summed E-state index contributed by atoms with van der Waals surface area (Å²) in [5, 5.41) is 0. The van der Waals surface area contributed by atoms with Crippen molar-refractivity contribution in [1.82, 2.24) is 9.55 Å². The Bertz CT molecular complexity index is 529. The van der Waals surface area contributed by atoms with Crippen LogP contribution in [0.1, 0.15) is 26.1 Å². The highest BCUT2D eigenvalue weighted by Crippen LogP contribution is 2.28. The molecular formula is C14H18BrN3. The van der Waals surface area contributed by atoms with Gasteiger partial charge in [-0.25, -0.2) is 4.98 Å². The molecule has 2 aromatic rings. The van der Waals surface area contributed by atoms with Gasteiger partial charge in [0.2, 0.25) is 0 Å². The first-order chi connectivity index (χ1) is 8.67. The standard InChI is InChI=1S/C14H18BrN3/c1-3-5-12-17-13(14(16)18(12)4-2)10-6-8-11(15)9-7-10/h6-9H,3-5,16H2,1-2H3. The van der Waals surface area contributed by atoms with Crippen molar-refractivity contribution in [2.75, 3.05) is 5.73 Å². The molecule has 0 aliphatic heterocycles. The fourth-order valence-electron chi connectivity index (χ4n) is 2.10. The van der Waals surface area contributed by atoms with Crippen LogP contribution in [0.3, 0.4) is 0 Å². The summed E-state index contributed by atoms with van der Waals surface area (Å²) in [4.78, 5) is 4.69. The average Bonchev–Trinajstić information content (AvgIpc) is 2.67. The summed E-state index contributed by atoms with van der Waals surface area (Å²) < 4.78 is 3.16. The molecule has 0 aliphatic rings. The van der Waals surface area contributed by atoms with Gasteiger partial charge in [0.1, 0.15) is 17.3 Å². The van der Waals surface area contributed by atoms with Crippen LogP contribution in [0.5, 0.6) is 0 Å². The largest absolute Gasteiger partial charge is 0.383 e. The van der Waals surface area contributed by atoms with Crippen molar-refractivity contribution in [3.8, 4) is 11.3 Å². The van der Waals surface area contributed by atoms with Crippen LogP contribution in [-0.2, 0) is 13.0 Å². The van der Waals surface area contributed by atoms with Gasteiger partial charge in [0.25, 0.3) is 0 Å². The van der Waals surface area contributed by atoms with E-state index in [2.05, 4.69) is 34.3 Å². The zero-order valence-electron chi connectivity index (χ0n) is 10.8. The van der Waals surface area contributed by atoms with Crippen LogP contribution in [-0.4, -0.2) is 9.55 Å².